The lowest BCUT2D eigenvalue weighted by atomic mass is 9.36. The van der Waals surface area contributed by atoms with Gasteiger partial charge >= 0.3 is 0 Å². The van der Waals surface area contributed by atoms with Gasteiger partial charge in [-0.3, -0.25) is 0 Å². The van der Waals surface area contributed by atoms with E-state index < -0.39 is 0 Å². The van der Waals surface area contributed by atoms with Crippen molar-refractivity contribution in [3.8, 4) is 0 Å². The lowest BCUT2D eigenvalue weighted by Crippen LogP contribution is -2.60. The van der Waals surface area contributed by atoms with Gasteiger partial charge in [0.15, 0.2) is 0 Å². The number of anilines is 9. The third kappa shape index (κ3) is 8.73. The van der Waals surface area contributed by atoms with Gasteiger partial charge in [0, 0.05) is 60.4 Å². The summed E-state index contributed by atoms with van der Waals surface area (Å²) in [4.78, 5) is 8.05. The highest BCUT2D eigenvalue weighted by Crippen LogP contribution is 2.57. The van der Waals surface area contributed by atoms with E-state index in [0.29, 0.717) is 0 Å². The molecule has 0 radical (unpaired) electrons. The average molecular weight is 1150 g/mol. The van der Waals surface area contributed by atoms with Gasteiger partial charge in [0.1, 0.15) is 0 Å². The second-order valence-corrected chi connectivity index (χ2v) is 35.2. The summed E-state index contributed by atoms with van der Waals surface area (Å²) < 4.78 is 2.84. The molecule has 3 heterocycles. The van der Waals surface area contributed by atoms with Crippen LogP contribution < -0.4 is 30.4 Å². The molecule has 3 nitrogen and oxygen atoms in total. The molecule has 0 unspecified atom stereocenters. The molecule has 0 fully saturated rings. The maximum atomic E-state index is 2.75. The first-order chi connectivity index (χ1) is 40.1. The fourth-order valence-electron chi connectivity index (χ4n) is 17.1. The molecule has 0 amide bonds. The van der Waals surface area contributed by atoms with Gasteiger partial charge in [-0.25, -0.2) is 0 Å². The third-order valence-corrected chi connectivity index (χ3v) is 24.5. The van der Waals surface area contributed by atoms with E-state index in [0.717, 1.165) is 0 Å². The summed E-state index contributed by atoms with van der Waals surface area (Å²) in [5, 5.41) is 1.39. The Kier molecular flexibility index (Phi) is 12.4. The zero-order valence-corrected chi connectivity index (χ0v) is 56.8. The minimum atomic E-state index is -0.00329. The minimum absolute atomic E-state index is 0.00329. The molecule has 6 aliphatic rings. The molecule has 0 N–H and O–H groups in total. The van der Waals surface area contributed by atoms with Crippen LogP contribution in [0.2, 0.25) is 0 Å². The first kappa shape index (κ1) is 57.7. The first-order valence-electron chi connectivity index (χ1n) is 32.9. The lowest BCUT2D eigenvalue weighted by molar-refractivity contribution is 0.332. The predicted molar refractivity (Wildman–Crippen MR) is 375 cm³/mol. The quantitative estimate of drug-likeness (QED) is 0.159. The van der Waals surface area contributed by atoms with Crippen molar-refractivity contribution in [2.24, 2.45) is 0 Å². The van der Waals surface area contributed by atoms with Crippen molar-refractivity contribution >= 4 is 95.0 Å². The fraction of sp³-hybridized carbons (Fsp3) is 0.457. The molecular weight excluding hydrogens is 1060 g/mol. The summed E-state index contributed by atoms with van der Waals surface area (Å²) >= 11 is 2.07. The highest BCUT2D eigenvalue weighted by molar-refractivity contribution is 7.33. The monoisotopic (exact) mass is 1150 g/mol. The van der Waals surface area contributed by atoms with E-state index in [1.54, 1.807) is 0 Å². The number of rotatable bonds is 5. The third-order valence-electron chi connectivity index (χ3n) is 23.3. The summed E-state index contributed by atoms with van der Waals surface area (Å²) in [6.07, 6.45) is 9.45. The van der Waals surface area contributed by atoms with Crippen molar-refractivity contribution in [3.05, 3.63) is 177 Å². The van der Waals surface area contributed by atoms with Gasteiger partial charge < -0.3 is 14.7 Å². The van der Waals surface area contributed by atoms with E-state index in [1.165, 1.54) is 184 Å². The van der Waals surface area contributed by atoms with E-state index in [2.05, 4.69) is 286 Å². The number of nitrogens with zero attached hydrogens (tertiary/aromatic N) is 3. The number of benzene rings is 7. The van der Waals surface area contributed by atoms with Gasteiger partial charge in [0.05, 0.1) is 5.69 Å². The molecule has 86 heavy (non-hydrogen) atoms. The van der Waals surface area contributed by atoms with E-state index in [-0.39, 0.29) is 55.4 Å². The number of thiophene rings is 1. The molecule has 0 spiro atoms. The molecule has 0 bridgehead atoms. The van der Waals surface area contributed by atoms with Crippen LogP contribution in [0.5, 0.6) is 0 Å². The Morgan fingerprint density at radius 1 is 0.395 bits per heavy atom. The molecule has 1 aromatic heterocycles. The number of fused-ring (bicyclic) bond motifs is 10. The zero-order chi connectivity index (χ0) is 61.2. The maximum Gasteiger partial charge on any atom is 0.264 e. The van der Waals surface area contributed by atoms with Gasteiger partial charge in [-0.2, -0.15) is 0 Å². The smallest absolute Gasteiger partial charge is 0.264 e. The van der Waals surface area contributed by atoms with Crippen molar-refractivity contribution in [1.82, 2.24) is 0 Å². The van der Waals surface area contributed by atoms with Crippen LogP contribution in [0.4, 0.5) is 51.2 Å². The van der Waals surface area contributed by atoms with Crippen LogP contribution in [-0.2, 0) is 48.7 Å². The average Bonchev–Trinajstić information content (AvgIpc) is 1.31. The summed E-state index contributed by atoms with van der Waals surface area (Å²) in [6, 6.07) is 50.3. The highest BCUT2D eigenvalue weighted by Gasteiger charge is 2.49. The largest absolute Gasteiger partial charge is 0.311 e. The lowest BCUT2D eigenvalue weighted by Gasteiger charge is -2.45. The van der Waals surface area contributed by atoms with E-state index in [9.17, 15) is 0 Å². The highest BCUT2D eigenvalue weighted by atomic mass is 32.1. The van der Waals surface area contributed by atoms with Crippen LogP contribution in [0, 0.1) is 6.92 Å². The van der Waals surface area contributed by atoms with E-state index in [1.807, 2.05) is 0 Å². The SMILES string of the molecule is Cc1cc2c3c(c1)N(c1ccc4c(c1)C(C)(C)CCC4(C)C)c1c(sc4cc5c(cc14)C(C)(C)CCC5(C)C)B3c1ccc(N(c3ccc4c(c3)C(C)(C)CCC4(C)C)c3ccc4c(c3)C(C)(C)CCC4(C)C)cc1N2c1ccc(C(C)(C)C)cc1. The summed E-state index contributed by atoms with van der Waals surface area (Å²) in [5.74, 6) is 0. The summed E-state index contributed by atoms with van der Waals surface area (Å²) in [5.41, 5.74) is 29.3. The Morgan fingerprint density at radius 3 is 1.28 bits per heavy atom. The standard InChI is InChI=1S/C81H96BN3S/c1-49-41-67-70-68(42-49)85(54-27-31-59-62(45-54)79(15,16)38-35-76(59,9)10)71-56-47-63-64(81(19,20)40-39-80(63,17)18)48-69(56)86-72(71)82(70)65-32-28-55(46-66(65)84(67)51-23-21-50(22-24-51)73(2,3)4)83(52-25-29-57-60(43-52)77(11,12)36-33-74(57,5)6)53-26-30-58-61(44-53)78(13,14)37-34-75(58,7)8/h21-32,41-48H,33-40H2,1-20H3. The second kappa shape index (κ2) is 18.5. The van der Waals surface area contributed by atoms with E-state index >= 15 is 0 Å². The van der Waals surface area contributed by atoms with Gasteiger partial charge in [-0.1, -0.05) is 168 Å². The maximum absolute atomic E-state index is 2.75. The number of hydrogen-bond acceptors (Lipinski definition) is 4. The summed E-state index contributed by atoms with van der Waals surface area (Å²) in [7, 11) is 0. The van der Waals surface area contributed by atoms with Crippen molar-refractivity contribution in [3.63, 3.8) is 0 Å². The number of aryl methyl sites for hydroxylation is 1. The van der Waals surface area contributed by atoms with Gasteiger partial charge in [-0.05, 0) is 259 Å². The van der Waals surface area contributed by atoms with Crippen LogP contribution in [0.3, 0.4) is 0 Å². The van der Waals surface area contributed by atoms with Crippen LogP contribution in [0.1, 0.15) is 239 Å². The van der Waals surface area contributed by atoms with Crippen molar-refractivity contribution in [2.75, 3.05) is 14.7 Å². The van der Waals surface area contributed by atoms with Crippen molar-refractivity contribution in [1.29, 1.82) is 0 Å². The molecular formula is C81H96BN3S. The Labute approximate surface area is 522 Å². The predicted octanol–water partition coefficient (Wildman–Crippen LogP) is 21.5. The van der Waals surface area contributed by atoms with Crippen LogP contribution in [0.15, 0.2) is 121 Å². The Morgan fingerprint density at radius 2 is 0.791 bits per heavy atom. The molecule has 0 saturated carbocycles. The minimum Gasteiger partial charge on any atom is -0.311 e. The van der Waals surface area contributed by atoms with Gasteiger partial charge in [0.25, 0.3) is 6.71 Å². The Hall–Kier alpha value is -6.04. The van der Waals surface area contributed by atoms with E-state index in [4.69, 9.17) is 0 Å². The van der Waals surface area contributed by atoms with Gasteiger partial charge in [-0.15, -0.1) is 11.3 Å². The zero-order valence-electron chi connectivity index (χ0n) is 56.0. The molecule has 14 rings (SSSR count). The topological polar surface area (TPSA) is 9.72 Å². The molecule has 0 atom stereocenters. The Bertz CT molecular complexity index is 4070. The Balaban J connectivity index is 1.07. The fourth-order valence-corrected chi connectivity index (χ4v) is 18.4. The van der Waals surface area contributed by atoms with Crippen LogP contribution in [-0.4, -0.2) is 6.71 Å². The number of hydrogen-bond donors (Lipinski definition) is 0. The molecule has 7 aromatic carbocycles. The summed E-state index contributed by atoms with van der Waals surface area (Å²) in [6.45, 7) is 49.0. The molecule has 0 saturated heterocycles. The normalized spacial score (nSPS) is 20.9. The van der Waals surface area contributed by atoms with Crippen molar-refractivity contribution in [2.45, 2.75) is 239 Å². The molecule has 5 heteroatoms. The van der Waals surface area contributed by atoms with Gasteiger partial charge in [0.2, 0.25) is 0 Å². The molecule has 4 aliphatic carbocycles. The molecule has 444 valence electrons. The second-order valence-electron chi connectivity index (χ2n) is 34.2. The van der Waals surface area contributed by atoms with Crippen LogP contribution >= 0.6 is 11.3 Å². The molecule has 8 aromatic rings. The van der Waals surface area contributed by atoms with Crippen molar-refractivity contribution < 1.29 is 0 Å². The molecule has 2 aliphatic heterocycles. The van der Waals surface area contributed by atoms with Crippen LogP contribution in [0.25, 0.3) is 10.1 Å². The first-order valence-corrected chi connectivity index (χ1v) is 33.8.